The summed E-state index contributed by atoms with van der Waals surface area (Å²) in [6.45, 7) is 18.5. The standard InChI is InChI=1S/C16H26N2/c1-13(2,3)10-9-15(7)16(8)12(18(10)16)11(17-15)14(4,5)6/h9,12H,1-8H3. The quantitative estimate of drug-likeness (QED) is 0.596. The van der Waals surface area contributed by atoms with E-state index in [9.17, 15) is 0 Å². The first-order chi connectivity index (χ1) is 7.93. The first-order valence-electron chi connectivity index (χ1n) is 7.06. The van der Waals surface area contributed by atoms with Crippen LogP contribution in [0, 0.1) is 10.8 Å². The topological polar surface area (TPSA) is 15.4 Å². The summed E-state index contributed by atoms with van der Waals surface area (Å²) in [6, 6.07) is 0.543. The Labute approximate surface area is 111 Å². The summed E-state index contributed by atoms with van der Waals surface area (Å²) in [5, 5.41) is 0. The minimum absolute atomic E-state index is 0.0110. The lowest BCUT2D eigenvalue weighted by Crippen LogP contribution is -2.34. The Bertz CT molecular complexity index is 444. The van der Waals surface area contributed by atoms with E-state index in [1.54, 1.807) is 0 Å². The highest BCUT2D eigenvalue weighted by atomic mass is 15.5. The largest absolute Gasteiger partial charge is 0.353 e. The van der Waals surface area contributed by atoms with Crippen LogP contribution in [-0.4, -0.2) is 27.7 Å². The van der Waals surface area contributed by atoms with Crippen molar-refractivity contribution in [3.05, 3.63) is 11.8 Å². The smallest absolute Gasteiger partial charge is 0.103 e. The molecule has 0 amide bonds. The molecule has 0 aromatic carbocycles. The minimum Gasteiger partial charge on any atom is -0.353 e. The van der Waals surface area contributed by atoms with Crippen LogP contribution in [0.15, 0.2) is 16.8 Å². The zero-order valence-electron chi connectivity index (χ0n) is 13.0. The van der Waals surface area contributed by atoms with Gasteiger partial charge in [0.2, 0.25) is 0 Å². The summed E-state index contributed by atoms with van der Waals surface area (Å²) >= 11 is 0. The molecule has 0 radical (unpaired) electrons. The van der Waals surface area contributed by atoms with Crippen LogP contribution in [0.2, 0.25) is 0 Å². The van der Waals surface area contributed by atoms with Gasteiger partial charge in [0.1, 0.15) is 5.54 Å². The van der Waals surface area contributed by atoms with Crippen LogP contribution < -0.4 is 0 Å². The second kappa shape index (κ2) is 2.71. The molecule has 0 aliphatic carbocycles. The molecule has 0 spiro atoms. The predicted octanol–water partition coefficient (Wildman–Crippen LogP) is 3.63. The van der Waals surface area contributed by atoms with Crippen LogP contribution in [0.3, 0.4) is 0 Å². The lowest BCUT2D eigenvalue weighted by molar-refractivity contribution is 0.357. The Kier molecular flexibility index (Phi) is 1.84. The first-order valence-corrected chi connectivity index (χ1v) is 7.06. The van der Waals surface area contributed by atoms with Gasteiger partial charge in [-0.25, -0.2) is 0 Å². The van der Waals surface area contributed by atoms with E-state index in [-0.39, 0.29) is 21.9 Å². The molecule has 1 saturated heterocycles. The van der Waals surface area contributed by atoms with Crippen molar-refractivity contribution >= 4 is 5.71 Å². The van der Waals surface area contributed by atoms with E-state index in [0.717, 1.165) is 0 Å². The molecular formula is C16H26N2. The molecule has 0 N–H and O–H groups in total. The molecule has 2 heteroatoms. The molecule has 0 aromatic rings. The van der Waals surface area contributed by atoms with Gasteiger partial charge in [0.15, 0.2) is 0 Å². The van der Waals surface area contributed by atoms with Crippen molar-refractivity contribution < 1.29 is 0 Å². The third-order valence-electron chi connectivity index (χ3n) is 5.07. The number of allylic oxidation sites excluding steroid dienone is 1. The maximum atomic E-state index is 5.12. The van der Waals surface area contributed by atoms with Gasteiger partial charge in [0, 0.05) is 22.2 Å². The van der Waals surface area contributed by atoms with Crippen molar-refractivity contribution in [2.75, 3.05) is 0 Å². The first kappa shape index (κ1) is 12.3. The molecule has 0 bridgehead atoms. The summed E-state index contributed by atoms with van der Waals surface area (Å²) < 4.78 is 0. The Morgan fingerprint density at radius 1 is 1.06 bits per heavy atom. The molecule has 0 aromatic heterocycles. The van der Waals surface area contributed by atoms with Crippen molar-refractivity contribution in [3.63, 3.8) is 0 Å². The van der Waals surface area contributed by atoms with E-state index in [4.69, 9.17) is 4.99 Å². The third-order valence-corrected chi connectivity index (χ3v) is 5.07. The van der Waals surface area contributed by atoms with Crippen molar-refractivity contribution in [2.45, 2.75) is 72.5 Å². The van der Waals surface area contributed by atoms with Gasteiger partial charge in [-0.15, -0.1) is 0 Å². The van der Waals surface area contributed by atoms with Gasteiger partial charge in [-0.2, -0.15) is 0 Å². The molecule has 3 heterocycles. The molecule has 3 aliphatic rings. The molecule has 3 atom stereocenters. The summed E-state index contributed by atoms with van der Waals surface area (Å²) in [6.07, 6.45) is 2.42. The van der Waals surface area contributed by atoms with Gasteiger partial charge in [0.05, 0.1) is 11.6 Å². The maximum Gasteiger partial charge on any atom is 0.103 e. The Morgan fingerprint density at radius 3 is 2.00 bits per heavy atom. The SMILES string of the molecule is CC(C)(C)C1=CC2(C)N=C(C(C)(C)C)C3N1C32C. The van der Waals surface area contributed by atoms with E-state index in [2.05, 4.69) is 66.4 Å². The molecule has 1 fully saturated rings. The average molecular weight is 246 g/mol. The number of hydrogen-bond donors (Lipinski definition) is 0. The van der Waals surface area contributed by atoms with E-state index < -0.39 is 0 Å². The highest BCUT2D eigenvalue weighted by Gasteiger charge is 2.78. The number of nitrogens with zero attached hydrogens (tertiary/aromatic N) is 2. The van der Waals surface area contributed by atoms with Gasteiger partial charge < -0.3 is 4.90 Å². The van der Waals surface area contributed by atoms with E-state index in [1.165, 1.54) is 11.4 Å². The lowest BCUT2D eigenvalue weighted by Gasteiger charge is -2.26. The van der Waals surface area contributed by atoms with Crippen LogP contribution in [-0.2, 0) is 0 Å². The number of fused-ring (bicyclic) bond motifs is 1. The fraction of sp³-hybridized carbons (Fsp3) is 0.812. The molecule has 2 nitrogen and oxygen atoms in total. The fourth-order valence-electron chi connectivity index (χ4n) is 3.78. The van der Waals surface area contributed by atoms with Crippen LogP contribution >= 0.6 is 0 Å². The number of aliphatic imine (C=N–C) groups is 1. The van der Waals surface area contributed by atoms with Gasteiger partial charge in [-0.05, 0) is 19.9 Å². The third kappa shape index (κ3) is 1.13. The average Bonchev–Trinajstić information content (AvgIpc) is 2.64. The number of hydrogen-bond acceptors (Lipinski definition) is 2. The molecule has 0 saturated carbocycles. The van der Waals surface area contributed by atoms with Gasteiger partial charge in [-0.3, -0.25) is 4.99 Å². The molecular weight excluding hydrogens is 220 g/mol. The summed E-state index contributed by atoms with van der Waals surface area (Å²) in [5.41, 5.74) is 3.49. The van der Waals surface area contributed by atoms with E-state index in [0.29, 0.717) is 6.04 Å². The predicted molar refractivity (Wildman–Crippen MR) is 76.9 cm³/mol. The van der Waals surface area contributed by atoms with Crippen molar-refractivity contribution in [3.8, 4) is 0 Å². The van der Waals surface area contributed by atoms with Gasteiger partial charge in [-0.1, -0.05) is 41.5 Å². The van der Waals surface area contributed by atoms with E-state index >= 15 is 0 Å². The zero-order chi connectivity index (χ0) is 13.7. The van der Waals surface area contributed by atoms with Crippen molar-refractivity contribution in [2.24, 2.45) is 15.8 Å². The summed E-state index contributed by atoms with van der Waals surface area (Å²) in [4.78, 5) is 7.74. The monoisotopic (exact) mass is 246 g/mol. The Morgan fingerprint density at radius 2 is 1.61 bits per heavy atom. The molecule has 3 rings (SSSR count). The van der Waals surface area contributed by atoms with Crippen LogP contribution in [0.25, 0.3) is 0 Å². The summed E-state index contributed by atoms with van der Waals surface area (Å²) in [7, 11) is 0. The van der Waals surface area contributed by atoms with Crippen molar-refractivity contribution in [1.29, 1.82) is 0 Å². The van der Waals surface area contributed by atoms with Crippen LogP contribution in [0.4, 0.5) is 0 Å². The van der Waals surface area contributed by atoms with Gasteiger partial charge in [0.25, 0.3) is 0 Å². The summed E-state index contributed by atoms with van der Waals surface area (Å²) in [5.74, 6) is 0. The van der Waals surface area contributed by atoms with Crippen molar-refractivity contribution in [1.82, 2.24) is 4.90 Å². The fourth-order valence-corrected chi connectivity index (χ4v) is 3.78. The number of rotatable bonds is 0. The Hall–Kier alpha value is -0.790. The normalized spacial score (nSPS) is 41.8. The molecule has 3 unspecified atom stereocenters. The Balaban J connectivity index is 2.08. The molecule has 100 valence electrons. The van der Waals surface area contributed by atoms with Gasteiger partial charge >= 0.3 is 0 Å². The molecule has 3 aliphatic heterocycles. The molecule has 18 heavy (non-hydrogen) atoms. The maximum absolute atomic E-state index is 5.12. The van der Waals surface area contributed by atoms with Crippen LogP contribution in [0.1, 0.15) is 55.4 Å². The lowest BCUT2D eigenvalue weighted by atomic mass is 9.81. The highest BCUT2D eigenvalue weighted by Crippen LogP contribution is 2.66. The van der Waals surface area contributed by atoms with E-state index in [1.807, 2.05) is 0 Å². The minimum atomic E-state index is -0.0110. The highest BCUT2D eigenvalue weighted by molar-refractivity contribution is 6.03. The zero-order valence-corrected chi connectivity index (χ0v) is 13.0. The second-order valence-electron chi connectivity index (χ2n) is 8.59. The van der Waals surface area contributed by atoms with Crippen LogP contribution in [0.5, 0.6) is 0 Å². The second-order valence-corrected chi connectivity index (χ2v) is 8.59.